The molecule has 0 bridgehead atoms. The number of anilines is 1. The summed E-state index contributed by atoms with van der Waals surface area (Å²) in [6, 6.07) is 6.81. The third-order valence-corrected chi connectivity index (χ3v) is 8.97. The number of amides is 1. The standard InChI is InChI=1S/C22H24N4O6S2/c1-13-20(11-19(33-13)21-23-14(2)32-25-21)34(28,29)26-7-3-4-15(12-26)22(27)24-16-5-6-17-18(10-16)31-9-8-30-17/h5-6,10-11,15H,3-4,7-9,12H2,1-2H3,(H,24,27). The van der Waals surface area contributed by atoms with Crippen LogP contribution in [0, 0.1) is 19.8 Å². The molecule has 1 amide bonds. The lowest BCUT2D eigenvalue weighted by Crippen LogP contribution is -2.43. The molecule has 0 saturated carbocycles. The second-order valence-corrected chi connectivity index (χ2v) is 11.4. The molecule has 0 aliphatic carbocycles. The van der Waals surface area contributed by atoms with Gasteiger partial charge in [0.25, 0.3) is 0 Å². The van der Waals surface area contributed by atoms with Crippen LogP contribution in [0.15, 0.2) is 33.7 Å². The van der Waals surface area contributed by atoms with Gasteiger partial charge in [-0.15, -0.1) is 11.3 Å². The van der Waals surface area contributed by atoms with Crippen LogP contribution in [-0.2, 0) is 14.8 Å². The maximum Gasteiger partial charge on any atom is 0.244 e. The number of thiophene rings is 1. The van der Waals surface area contributed by atoms with Gasteiger partial charge in [-0.25, -0.2) is 8.42 Å². The second-order valence-electron chi connectivity index (χ2n) is 8.22. The van der Waals surface area contributed by atoms with Crippen LogP contribution in [0.1, 0.15) is 23.6 Å². The highest BCUT2D eigenvalue weighted by Crippen LogP contribution is 2.36. The van der Waals surface area contributed by atoms with Gasteiger partial charge in [0.15, 0.2) is 11.5 Å². The molecule has 5 rings (SSSR count). The van der Waals surface area contributed by atoms with Crippen LogP contribution in [0.4, 0.5) is 5.69 Å². The van der Waals surface area contributed by atoms with Crippen molar-refractivity contribution in [3.63, 3.8) is 0 Å². The Hall–Kier alpha value is -2.96. The predicted molar refractivity (Wildman–Crippen MR) is 125 cm³/mol. The lowest BCUT2D eigenvalue weighted by molar-refractivity contribution is -0.120. The third-order valence-electron chi connectivity index (χ3n) is 5.80. The van der Waals surface area contributed by atoms with Crippen molar-refractivity contribution >= 4 is 33.0 Å². The molecule has 180 valence electrons. The minimum atomic E-state index is -3.78. The van der Waals surface area contributed by atoms with Crippen LogP contribution >= 0.6 is 11.3 Å². The molecule has 1 saturated heterocycles. The number of carbonyl (C=O) groups excluding carboxylic acids is 1. The summed E-state index contributed by atoms with van der Waals surface area (Å²) in [6.45, 7) is 4.86. The molecule has 4 heterocycles. The number of aromatic nitrogens is 2. The average molecular weight is 505 g/mol. The predicted octanol–water partition coefficient (Wildman–Crippen LogP) is 3.23. The van der Waals surface area contributed by atoms with Gasteiger partial charge in [-0.1, -0.05) is 5.16 Å². The van der Waals surface area contributed by atoms with E-state index in [0.717, 1.165) is 0 Å². The van der Waals surface area contributed by atoms with Crippen LogP contribution in [0.2, 0.25) is 0 Å². The molecule has 2 aromatic heterocycles. The zero-order valence-electron chi connectivity index (χ0n) is 18.7. The van der Waals surface area contributed by atoms with Gasteiger partial charge in [0, 0.05) is 36.6 Å². The van der Waals surface area contributed by atoms with E-state index in [9.17, 15) is 13.2 Å². The minimum Gasteiger partial charge on any atom is -0.486 e. The Bertz CT molecular complexity index is 1330. The summed E-state index contributed by atoms with van der Waals surface area (Å²) in [5.41, 5.74) is 0.586. The van der Waals surface area contributed by atoms with Crippen molar-refractivity contribution in [3.05, 3.63) is 35.0 Å². The van der Waals surface area contributed by atoms with Crippen molar-refractivity contribution in [2.45, 2.75) is 31.6 Å². The van der Waals surface area contributed by atoms with Crippen LogP contribution in [0.25, 0.3) is 10.7 Å². The van der Waals surface area contributed by atoms with Gasteiger partial charge in [0.1, 0.15) is 13.2 Å². The highest BCUT2D eigenvalue weighted by molar-refractivity contribution is 7.89. The van der Waals surface area contributed by atoms with E-state index in [1.807, 2.05) is 0 Å². The summed E-state index contributed by atoms with van der Waals surface area (Å²) >= 11 is 1.30. The van der Waals surface area contributed by atoms with Crippen molar-refractivity contribution in [2.75, 3.05) is 31.6 Å². The maximum absolute atomic E-state index is 13.5. The Balaban J connectivity index is 1.31. The highest BCUT2D eigenvalue weighted by Gasteiger charge is 2.35. The first kappa shape index (κ1) is 22.8. The summed E-state index contributed by atoms with van der Waals surface area (Å²) in [5.74, 6) is 1.31. The molecule has 2 aliphatic rings. The molecule has 0 radical (unpaired) electrons. The number of sulfonamides is 1. The van der Waals surface area contributed by atoms with Gasteiger partial charge in [0.2, 0.25) is 27.6 Å². The quantitative estimate of drug-likeness (QED) is 0.562. The Morgan fingerprint density at radius 3 is 2.74 bits per heavy atom. The number of ether oxygens (including phenoxy) is 2. The number of hydrogen-bond donors (Lipinski definition) is 1. The van der Waals surface area contributed by atoms with Crippen molar-refractivity contribution in [1.29, 1.82) is 0 Å². The zero-order valence-corrected chi connectivity index (χ0v) is 20.4. The van der Waals surface area contributed by atoms with E-state index >= 15 is 0 Å². The first-order valence-electron chi connectivity index (χ1n) is 10.9. The summed E-state index contributed by atoms with van der Waals surface area (Å²) < 4.78 is 44.4. The van der Waals surface area contributed by atoms with Crippen molar-refractivity contribution in [1.82, 2.24) is 14.4 Å². The zero-order chi connectivity index (χ0) is 23.9. The third kappa shape index (κ3) is 4.40. The first-order valence-corrected chi connectivity index (χ1v) is 13.2. The maximum atomic E-state index is 13.5. The molecule has 12 heteroatoms. The Labute approximate surface area is 200 Å². The highest BCUT2D eigenvalue weighted by atomic mass is 32.2. The van der Waals surface area contributed by atoms with E-state index in [-0.39, 0.29) is 17.3 Å². The largest absolute Gasteiger partial charge is 0.486 e. The van der Waals surface area contributed by atoms with Crippen LogP contribution in [-0.4, -0.2) is 55.1 Å². The molecule has 1 N–H and O–H groups in total. The number of nitrogens with one attached hydrogen (secondary N) is 1. The second kappa shape index (κ2) is 9.01. The fraction of sp³-hybridized carbons (Fsp3) is 0.409. The molecule has 34 heavy (non-hydrogen) atoms. The fourth-order valence-corrected chi connectivity index (χ4v) is 7.12. The van der Waals surface area contributed by atoms with Crippen LogP contribution in [0.5, 0.6) is 11.5 Å². The van der Waals surface area contributed by atoms with E-state index in [1.54, 1.807) is 38.1 Å². The summed E-state index contributed by atoms with van der Waals surface area (Å²) in [4.78, 5) is 18.6. The lowest BCUT2D eigenvalue weighted by atomic mass is 9.98. The van der Waals surface area contributed by atoms with E-state index in [1.165, 1.54) is 15.6 Å². The van der Waals surface area contributed by atoms with Crippen molar-refractivity contribution in [2.24, 2.45) is 5.92 Å². The van der Waals surface area contributed by atoms with Crippen LogP contribution < -0.4 is 14.8 Å². The lowest BCUT2D eigenvalue weighted by Gasteiger charge is -2.31. The van der Waals surface area contributed by atoms with E-state index in [2.05, 4.69) is 15.5 Å². The van der Waals surface area contributed by atoms with Crippen LogP contribution in [0.3, 0.4) is 0 Å². The number of piperidine rings is 1. The molecule has 1 fully saturated rings. The first-order chi connectivity index (χ1) is 16.3. The van der Waals surface area contributed by atoms with Gasteiger partial charge in [-0.05, 0) is 38.0 Å². The smallest absolute Gasteiger partial charge is 0.244 e. The number of benzene rings is 1. The summed E-state index contributed by atoms with van der Waals surface area (Å²) in [6.07, 6.45) is 1.21. The van der Waals surface area contributed by atoms with Gasteiger partial charge >= 0.3 is 0 Å². The molecular formula is C22H24N4O6S2. The van der Waals surface area contributed by atoms with Gasteiger partial charge in [-0.3, -0.25) is 4.79 Å². The molecule has 3 aromatic rings. The molecule has 1 aromatic carbocycles. The normalized spacial score (nSPS) is 18.6. The van der Waals surface area contributed by atoms with Gasteiger partial charge < -0.3 is 19.3 Å². The van der Waals surface area contributed by atoms with E-state index in [0.29, 0.717) is 71.3 Å². The molecule has 1 unspecified atom stereocenters. The fourth-order valence-electron chi connectivity index (χ4n) is 4.11. The van der Waals surface area contributed by atoms with E-state index < -0.39 is 15.9 Å². The number of nitrogens with zero attached hydrogens (tertiary/aromatic N) is 3. The number of rotatable bonds is 5. The Kier molecular flexibility index (Phi) is 6.04. The average Bonchev–Trinajstić information content (AvgIpc) is 3.45. The number of hydrogen-bond acceptors (Lipinski definition) is 9. The number of fused-ring (bicyclic) bond motifs is 1. The summed E-state index contributed by atoms with van der Waals surface area (Å²) in [7, 11) is -3.78. The SMILES string of the molecule is Cc1nc(-c2cc(S(=O)(=O)N3CCCC(C(=O)Nc4ccc5c(c4)OCCO5)C3)c(C)s2)no1. The molecule has 2 aliphatic heterocycles. The minimum absolute atomic E-state index is 0.116. The van der Waals surface area contributed by atoms with Crippen molar-refractivity contribution in [3.8, 4) is 22.2 Å². The Morgan fingerprint density at radius 1 is 1.18 bits per heavy atom. The Morgan fingerprint density at radius 2 is 1.97 bits per heavy atom. The molecule has 1 atom stereocenters. The number of aryl methyl sites for hydroxylation is 2. The van der Waals surface area contributed by atoms with E-state index in [4.69, 9.17) is 14.0 Å². The number of carbonyl (C=O) groups is 1. The van der Waals surface area contributed by atoms with Gasteiger partial charge in [0.05, 0.1) is 15.7 Å². The van der Waals surface area contributed by atoms with Crippen molar-refractivity contribution < 1.29 is 27.2 Å². The monoisotopic (exact) mass is 504 g/mol. The molecule has 10 nitrogen and oxygen atoms in total. The topological polar surface area (TPSA) is 124 Å². The summed E-state index contributed by atoms with van der Waals surface area (Å²) in [5, 5.41) is 6.78. The van der Waals surface area contributed by atoms with Gasteiger partial charge in [-0.2, -0.15) is 9.29 Å². The molecule has 0 spiro atoms. The molecular weight excluding hydrogens is 480 g/mol.